The van der Waals surface area contributed by atoms with Gasteiger partial charge in [0.2, 0.25) is 0 Å². The van der Waals surface area contributed by atoms with Crippen molar-refractivity contribution in [2.75, 3.05) is 0 Å². The van der Waals surface area contributed by atoms with Crippen molar-refractivity contribution in [1.82, 2.24) is 0 Å². The van der Waals surface area contributed by atoms with Crippen LogP contribution in [0.25, 0.3) is 0 Å². The van der Waals surface area contributed by atoms with Gasteiger partial charge in [-0.15, -0.1) is 12.6 Å². The Kier molecular flexibility index (Phi) is 2.14. The third kappa shape index (κ3) is 1.94. The van der Waals surface area contributed by atoms with E-state index in [1.54, 1.807) is 13.0 Å². The molecule has 58 valence electrons. The Bertz CT molecular complexity index is 278. The molecule has 1 aromatic rings. The molecule has 1 rings (SSSR count). The van der Waals surface area contributed by atoms with Crippen LogP contribution in [0, 0.1) is 17.0 Å². The van der Waals surface area contributed by atoms with E-state index in [0.29, 0.717) is 4.90 Å². The van der Waals surface area contributed by atoms with Gasteiger partial charge in [-0.25, -0.2) is 0 Å². The van der Waals surface area contributed by atoms with Crippen LogP contribution in [0.4, 0.5) is 5.69 Å². The van der Waals surface area contributed by atoms with Crippen LogP contribution in [-0.2, 0) is 0 Å². The van der Waals surface area contributed by atoms with E-state index in [4.69, 9.17) is 0 Å². The number of hydrogen-bond acceptors (Lipinski definition) is 3. The van der Waals surface area contributed by atoms with E-state index in [-0.39, 0.29) is 5.69 Å². The maximum Gasteiger partial charge on any atom is 0.270 e. The lowest BCUT2D eigenvalue weighted by Crippen LogP contribution is -1.88. The molecule has 0 bridgehead atoms. The molecule has 0 aliphatic rings. The Morgan fingerprint density at radius 2 is 2.09 bits per heavy atom. The first-order chi connectivity index (χ1) is 5.09. The van der Waals surface area contributed by atoms with E-state index in [2.05, 4.69) is 12.6 Å². The number of non-ortho nitro benzene ring substituents is 1. The van der Waals surface area contributed by atoms with Gasteiger partial charge in [0.15, 0.2) is 0 Å². The number of hydrogen-bond donors (Lipinski definition) is 1. The Morgan fingerprint density at radius 1 is 1.45 bits per heavy atom. The lowest BCUT2D eigenvalue weighted by molar-refractivity contribution is -0.385. The van der Waals surface area contributed by atoms with Gasteiger partial charge < -0.3 is 0 Å². The first-order valence-electron chi connectivity index (χ1n) is 3.04. The standard InChI is InChI=1S/C7H7NO2S/c1-5-2-6(8(9)10)4-7(11)3-5/h2-4,11H,1H3. The SMILES string of the molecule is Cc1cc(S)cc([N+](=O)[O-])c1. The van der Waals surface area contributed by atoms with Crippen molar-refractivity contribution >= 4 is 18.3 Å². The minimum Gasteiger partial charge on any atom is -0.258 e. The first kappa shape index (κ1) is 8.07. The fourth-order valence-electron chi connectivity index (χ4n) is 0.848. The Morgan fingerprint density at radius 3 is 2.55 bits per heavy atom. The molecule has 4 heteroatoms. The summed E-state index contributed by atoms with van der Waals surface area (Å²) in [5.74, 6) is 0. The van der Waals surface area contributed by atoms with Gasteiger partial charge in [-0.1, -0.05) is 0 Å². The quantitative estimate of drug-likeness (QED) is 0.398. The summed E-state index contributed by atoms with van der Waals surface area (Å²) in [6, 6.07) is 4.71. The summed E-state index contributed by atoms with van der Waals surface area (Å²) in [5.41, 5.74) is 0.944. The Balaban J connectivity index is 3.19. The molecule has 0 spiro atoms. The zero-order valence-corrected chi connectivity index (χ0v) is 6.84. The van der Waals surface area contributed by atoms with Crippen molar-refractivity contribution in [2.24, 2.45) is 0 Å². The average molecular weight is 169 g/mol. The Labute approximate surface area is 69.6 Å². The number of rotatable bonds is 1. The summed E-state index contributed by atoms with van der Waals surface area (Å²) in [6.07, 6.45) is 0. The molecular formula is C7H7NO2S. The second kappa shape index (κ2) is 2.92. The largest absolute Gasteiger partial charge is 0.270 e. The molecule has 0 aliphatic heterocycles. The number of thiol groups is 1. The molecule has 1 aromatic carbocycles. The predicted octanol–water partition coefficient (Wildman–Crippen LogP) is 2.19. The summed E-state index contributed by atoms with van der Waals surface area (Å²) in [5, 5.41) is 10.3. The zero-order chi connectivity index (χ0) is 8.43. The van der Waals surface area contributed by atoms with Crippen molar-refractivity contribution in [2.45, 2.75) is 11.8 Å². The fourth-order valence-corrected chi connectivity index (χ4v) is 1.18. The lowest BCUT2D eigenvalue weighted by atomic mass is 10.2. The smallest absolute Gasteiger partial charge is 0.258 e. The van der Waals surface area contributed by atoms with Crippen LogP contribution in [0.3, 0.4) is 0 Å². The number of nitro groups is 1. The van der Waals surface area contributed by atoms with Gasteiger partial charge in [-0.05, 0) is 18.6 Å². The van der Waals surface area contributed by atoms with Crippen LogP contribution >= 0.6 is 12.6 Å². The monoisotopic (exact) mass is 169 g/mol. The molecule has 0 N–H and O–H groups in total. The highest BCUT2D eigenvalue weighted by Crippen LogP contribution is 2.18. The molecule has 0 saturated heterocycles. The zero-order valence-electron chi connectivity index (χ0n) is 5.94. The first-order valence-corrected chi connectivity index (χ1v) is 3.49. The third-order valence-corrected chi connectivity index (χ3v) is 1.52. The van der Waals surface area contributed by atoms with Crippen LogP contribution in [0.1, 0.15) is 5.56 Å². The highest BCUT2D eigenvalue weighted by Gasteiger charge is 2.05. The van der Waals surface area contributed by atoms with Crippen molar-refractivity contribution in [3.8, 4) is 0 Å². The highest BCUT2D eigenvalue weighted by molar-refractivity contribution is 7.80. The maximum atomic E-state index is 10.3. The van der Waals surface area contributed by atoms with Crippen LogP contribution in [-0.4, -0.2) is 4.92 Å². The normalized spacial score (nSPS) is 9.64. The molecule has 0 heterocycles. The number of nitrogens with zero attached hydrogens (tertiary/aromatic N) is 1. The number of nitro benzene ring substituents is 1. The second-order valence-electron chi connectivity index (χ2n) is 2.28. The third-order valence-electron chi connectivity index (χ3n) is 1.26. The molecule has 0 radical (unpaired) electrons. The Hall–Kier alpha value is -1.03. The maximum absolute atomic E-state index is 10.3. The highest BCUT2D eigenvalue weighted by atomic mass is 32.1. The van der Waals surface area contributed by atoms with Gasteiger partial charge in [0, 0.05) is 17.0 Å². The minimum atomic E-state index is -0.424. The van der Waals surface area contributed by atoms with E-state index >= 15 is 0 Å². The van der Waals surface area contributed by atoms with Crippen LogP contribution in [0.5, 0.6) is 0 Å². The average Bonchev–Trinajstić information content (AvgIpc) is 1.85. The molecular weight excluding hydrogens is 162 g/mol. The van der Waals surface area contributed by atoms with E-state index < -0.39 is 4.92 Å². The molecule has 0 aromatic heterocycles. The molecule has 0 aliphatic carbocycles. The number of benzene rings is 1. The van der Waals surface area contributed by atoms with Crippen molar-refractivity contribution in [3.63, 3.8) is 0 Å². The molecule has 3 nitrogen and oxygen atoms in total. The van der Waals surface area contributed by atoms with Crippen LogP contribution < -0.4 is 0 Å². The molecule has 11 heavy (non-hydrogen) atoms. The fraction of sp³-hybridized carbons (Fsp3) is 0.143. The van der Waals surface area contributed by atoms with Crippen molar-refractivity contribution in [1.29, 1.82) is 0 Å². The van der Waals surface area contributed by atoms with Crippen molar-refractivity contribution in [3.05, 3.63) is 33.9 Å². The molecule has 0 saturated carbocycles. The molecule has 0 unspecified atom stereocenters. The molecule has 0 amide bonds. The van der Waals surface area contributed by atoms with E-state index in [0.717, 1.165) is 5.56 Å². The van der Waals surface area contributed by atoms with E-state index in [1.807, 2.05) is 0 Å². The van der Waals surface area contributed by atoms with Gasteiger partial charge in [0.25, 0.3) is 5.69 Å². The van der Waals surface area contributed by atoms with Crippen molar-refractivity contribution < 1.29 is 4.92 Å². The summed E-state index contributed by atoms with van der Waals surface area (Å²) in [6.45, 7) is 1.80. The minimum absolute atomic E-state index is 0.0926. The summed E-state index contributed by atoms with van der Waals surface area (Å²) in [4.78, 5) is 10.5. The molecule has 0 atom stereocenters. The van der Waals surface area contributed by atoms with Gasteiger partial charge >= 0.3 is 0 Å². The summed E-state index contributed by atoms with van der Waals surface area (Å²) < 4.78 is 0. The predicted molar refractivity (Wildman–Crippen MR) is 45.1 cm³/mol. The summed E-state index contributed by atoms with van der Waals surface area (Å²) >= 11 is 4.01. The number of aryl methyl sites for hydroxylation is 1. The van der Waals surface area contributed by atoms with Gasteiger partial charge in [-0.2, -0.15) is 0 Å². The topological polar surface area (TPSA) is 43.1 Å². The van der Waals surface area contributed by atoms with Gasteiger partial charge in [-0.3, -0.25) is 10.1 Å². The van der Waals surface area contributed by atoms with E-state index in [1.165, 1.54) is 12.1 Å². The summed E-state index contributed by atoms with van der Waals surface area (Å²) in [7, 11) is 0. The van der Waals surface area contributed by atoms with E-state index in [9.17, 15) is 10.1 Å². The van der Waals surface area contributed by atoms with Gasteiger partial charge in [0.05, 0.1) is 4.92 Å². The molecule has 0 fully saturated rings. The van der Waals surface area contributed by atoms with Crippen LogP contribution in [0.2, 0.25) is 0 Å². The lowest BCUT2D eigenvalue weighted by Gasteiger charge is -1.95. The second-order valence-corrected chi connectivity index (χ2v) is 2.80. The van der Waals surface area contributed by atoms with Gasteiger partial charge in [0.1, 0.15) is 0 Å². The van der Waals surface area contributed by atoms with Crippen LogP contribution in [0.15, 0.2) is 23.1 Å².